The molecule has 1 rings (SSSR count). The maximum atomic E-state index is 11.5. The molecule has 76 valence electrons. The fraction of sp³-hybridized carbons (Fsp3) is 0.462. The molecule has 0 fully saturated rings. The fourth-order valence-electron chi connectivity index (χ4n) is 1.52. The Labute approximate surface area is 86.1 Å². The van der Waals surface area contributed by atoms with Gasteiger partial charge in [-0.2, -0.15) is 0 Å². The van der Waals surface area contributed by atoms with E-state index >= 15 is 0 Å². The van der Waals surface area contributed by atoms with Gasteiger partial charge in [0.25, 0.3) is 0 Å². The number of hydrogen-bond donors (Lipinski definition) is 0. The van der Waals surface area contributed by atoms with Gasteiger partial charge in [0.05, 0.1) is 0 Å². The Morgan fingerprint density at radius 1 is 1.07 bits per heavy atom. The molecule has 0 unspecified atom stereocenters. The van der Waals surface area contributed by atoms with E-state index in [0.717, 1.165) is 24.8 Å². The second kappa shape index (κ2) is 5.58. The molecule has 0 bridgehead atoms. The molecule has 1 aromatic rings. The number of carbonyl (C=O) groups is 1. The van der Waals surface area contributed by atoms with Crippen LogP contribution in [0, 0.1) is 0 Å². The number of rotatable bonds is 5. The first-order chi connectivity index (χ1) is 6.77. The fourth-order valence-corrected chi connectivity index (χ4v) is 1.52. The molecule has 1 heteroatoms. The maximum absolute atomic E-state index is 11.5. The molecule has 0 N–H and O–H groups in total. The van der Waals surface area contributed by atoms with Gasteiger partial charge < -0.3 is 0 Å². The van der Waals surface area contributed by atoms with E-state index in [2.05, 4.69) is 19.1 Å². The van der Waals surface area contributed by atoms with Crippen LogP contribution in [0.4, 0.5) is 0 Å². The highest BCUT2D eigenvalue weighted by Gasteiger charge is 2.03. The van der Waals surface area contributed by atoms with Crippen molar-refractivity contribution >= 4 is 5.78 Å². The molecule has 0 saturated carbocycles. The summed E-state index contributed by atoms with van der Waals surface area (Å²) in [6.07, 6.45) is 3.84. The summed E-state index contributed by atoms with van der Waals surface area (Å²) in [6.45, 7) is 4.19. The van der Waals surface area contributed by atoms with Crippen LogP contribution in [0.25, 0.3) is 0 Å². The van der Waals surface area contributed by atoms with E-state index in [-0.39, 0.29) is 5.78 Å². The van der Waals surface area contributed by atoms with Crippen molar-refractivity contribution in [2.45, 2.75) is 39.5 Å². The van der Waals surface area contributed by atoms with Gasteiger partial charge in [-0.25, -0.2) is 0 Å². The molecule has 1 nitrogen and oxygen atoms in total. The van der Waals surface area contributed by atoms with Crippen molar-refractivity contribution in [3.8, 4) is 0 Å². The zero-order valence-corrected chi connectivity index (χ0v) is 9.05. The Morgan fingerprint density at radius 3 is 2.21 bits per heavy atom. The van der Waals surface area contributed by atoms with E-state index in [9.17, 15) is 4.79 Å². The average molecular weight is 190 g/mol. The van der Waals surface area contributed by atoms with E-state index in [0.29, 0.717) is 6.42 Å². The normalized spacial score (nSPS) is 10.1. The number of Topliss-reactive ketones (excluding diaryl/α,β-unsaturated/α-hetero) is 1. The van der Waals surface area contributed by atoms with Gasteiger partial charge in [-0.1, -0.05) is 44.5 Å². The summed E-state index contributed by atoms with van der Waals surface area (Å²) < 4.78 is 0. The smallest absolute Gasteiger partial charge is 0.162 e. The van der Waals surface area contributed by atoms with Gasteiger partial charge in [0, 0.05) is 12.0 Å². The summed E-state index contributed by atoms with van der Waals surface area (Å²) in [5, 5.41) is 0. The minimum atomic E-state index is 0.260. The zero-order valence-electron chi connectivity index (χ0n) is 9.05. The third-order valence-electron chi connectivity index (χ3n) is 2.29. The molecule has 0 saturated heterocycles. The van der Waals surface area contributed by atoms with E-state index < -0.39 is 0 Å². The highest BCUT2D eigenvalue weighted by atomic mass is 16.1. The van der Waals surface area contributed by atoms with Crippen LogP contribution in [0.3, 0.4) is 0 Å². The number of benzene rings is 1. The summed E-state index contributed by atoms with van der Waals surface area (Å²) in [5.74, 6) is 0.260. The first-order valence-corrected chi connectivity index (χ1v) is 5.40. The summed E-state index contributed by atoms with van der Waals surface area (Å²) in [4.78, 5) is 11.5. The van der Waals surface area contributed by atoms with Crippen molar-refractivity contribution in [3.63, 3.8) is 0 Å². The van der Waals surface area contributed by atoms with Crippen LogP contribution in [0.5, 0.6) is 0 Å². The molecule has 0 aromatic heterocycles. The van der Waals surface area contributed by atoms with E-state index in [4.69, 9.17) is 0 Å². The van der Waals surface area contributed by atoms with Gasteiger partial charge in [0.2, 0.25) is 0 Å². The Kier molecular flexibility index (Phi) is 4.37. The Balaban J connectivity index is 2.67. The first kappa shape index (κ1) is 11.0. The van der Waals surface area contributed by atoms with Gasteiger partial charge in [-0.05, 0) is 18.4 Å². The largest absolute Gasteiger partial charge is 0.294 e. The number of ketones is 1. The summed E-state index contributed by atoms with van der Waals surface area (Å²) in [6, 6.07) is 8.02. The third kappa shape index (κ3) is 2.99. The molecule has 0 aliphatic rings. The molecule has 0 atom stereocenters. The third-order valence-corrected chi connectivity index (χ3v) is 2.29. The lowest BCUT2D eigenvalue weighted by Gasteiger charge is -2.01. The van der Waals surface area contributed by atoms with Crippen molar-refractivity contribution in [1.82, 2.24) is 0 Å². The van der Waals surface area contributed by atoms with Crippen molar-refractivity contribution in [2.24, 2.45) is 0 Å². The quantitative estimate of drug-likeness (QED) is 0.648. The van der Waals surface area contributed by atoms with Crippen LogP contribution in [0.2, 0.25) is 0 Å². The van der Waals surface area contributed by atoms with E-state index in [1.807, 2.05) is 19.1 Å². The van der Waals surface area contributed by atoms with Crippen molar-refractivity contribution in [2.75, 3.05) is 0 Å². The lowest BCUT2D eigenvalue weighted by Crippen LogP contribution is -1.97. The van der Waals surface area contributed by atoms with E-state index in [1.54, 1.807) is 0 Å². The lowest BCUT2D eigenvalue weighted by molar-refractivity contribution is 0.0982. The maximum Gasteiger partial charge on any atom is 0.162 e. The molecule has 1 aromatic carbocycles. The second-order valence-electron chi connectivity index (χ2n) is 3.62. The first-order valence-electron chi connectivity index (χ1n) is 5.40. The highest BCUT2D eigenvalue weighted by Crippen LogP contribution is 2.09. The predicted molar refractivity (Wildman–Crippen MR) is 59.7 cm³/mol. The van der Waals surface area contributed by atoms with Crippen LogP contribution < -0.4 is 0 Å². The molecule has 0 heterocycles. The SMILES string of the molecule is CCCC(=O)c1ccc(CCC)cc1. The summed E-state index contributed by atoms with van der Waals surface area (Å²) in [7, 11) is 0. The van der Waals surface area contributed by atoms with Gasteiger partial charge in [0.1, 0.15) is 0 Å². The molecule has 0 spiro atoms. The van der Waals surface area contributed by atoms with Crippen LogP contribution in [0.15, 0.2) is 24.3 Å². The molecule has 0 aliphatic carbocycles. The van der Waals surface area contributed by atoms with Crippen LogP contribution in [-0.4, -0.2) is 5.78 Å². The minimum Gasteiger partial charge on any atom is -0.294 e. The van der Waals surface area contributed by atoms with Crippen LogP contribution >= 0.6 is 0 Å². The average Bonchev–Trinajstić information content (AvgIpc) is 2.20. The molecule has 0 radical (unpaired) electrons. The van der Waals surface area contributed by atoms with Gasteiger partial charge in [-0.15, -0.1) is 0 Å². The van der Waals surface area contributed by atoms with Crippen molar-refractivity contribution < 1.29 is 4.79 Å². The molecular weight excluding hydrogens is 172 g/mol. The molecular formula is C13H18O. The summed E-state index contributed by atoms with van der Waals surface area (Å²) in [5.41, 5.74) is 2.17. The van der Waals surface area contributed by atoms with Gasteiger partial charge in [0.15, 0.2) is 5.78 Å². The number of aryl methyl sites for hydroxylation is 1. The molecule has 0 aliphatic heterocycles. The number of hydrogen-bond acceptors (Lipinski definition) is 1. The second-order valence-corrected chi connectivity index (χ2v) is 3.62. The standard InChI is InChI=1S/C13H18O/c1-3-5-11-7-9-12(10-8-11)13(14)6-4-2/h7-10H,3-6H2,1-2H3. The van der Waals surface area contributed by atoms with Gasteiger partial charge >= 0.3 is 0 Å². The van der Waals surface area contributed by atoms with Crippen LogP contribution in [0.1, 0.15) is 49.0 Å². The molecule has 14 heavy (non-hydrogen) atoms. The highest BCUT2D eigenvalue weighted by molar-refractivity contribution is 5.95. The Morgan fingerprint density at radius 2 is 1.71 bits per heavy atom. The predicted octanol–water partition coefficient (Wildman–Crippen LogP) is 3.62. The lowest BCUT2D eigenvalue weighted by atomic mass is 10.0. The zero-order chi connectivity index (χ0) is 10.4. The van der Waals surface area contributed by atoms with E-state index in [1.165, 1.54) is 5.56 Å². The van der Waals surface area contributed by atoms with Crippen LogP contribution in [-0.2, 0) is 6.42 Å². The Hall–Kier alpha value is -1.11. The van der Waals surface area contributed by atoms with Gasteiger partial charge in [-0.3, -0.25) is 4.79 Å². The number of carbonyl (C=O) groups excluding carboxylic acids is 1. The topological polar surface area (TPSA) is 17.1 Å². The minimum absolute atomic E-state index is 0.260. The van der Waals surface area contributed by atoms with Crippen molar-refractivity contribution in [1.29, 1.82) is 0 Å². The monoisotopic (exact) mass is 190 g/mol. The molecule has 0 amide bonds. The summed E-state index contributed by atoms with van der Waals surface area (Å²) >= 11 is 0. The Bertz CT molecular complexity index is 285. The van der Waals surface area contributed by atoms with Crippen molar-refractivity contribution in [3.05, 3.63) is 35.4 Å².